The average Bonchev–Trinajstić information content (AvgIpc) is 2.47. The minimum atomic E-state index is -0.267. The van der Waals surface area contributed by atoms with E-state index < -0.39 is 0 Å². The third-order valence-electron chi connectivity index (χ3n) is 3.15. The van der Waals surface area contributed by atoms with Crippen molar-refractivity contribution in [1.29, 1.82) is 0 Å². The molecule has 2 rings (SSSR count). The zero-order valence-corrected chi connectivity index (χ0v) is 13.4. The van der Waals surface area contributed by atoms with Gasteiger partial charge in [-0.1, -0.05) is 15.9 Å². The minimum Gasteiger partial charge on any atom is -0.496 e. The second-order valence-electron chi connectivity index (χ2n) is 4.60. The van der Waals surface area contributed by atoms with Crippen LogP contribution in [0.3, 0.4) is 0 Å². The Hall–Kier alpha value is -1.89. The van der Waals surface area contributed by atoms with Gasteiger partial charge in [-0.05, 0) is 18.2 Å². The Morgan fingerprint density at radius 2 is 2.24 bits per heavy atom. The molecule has 0 radical (unpaired) electrons. The molecule has 0 saturated carbocycles. The summed E-state index contributed by atoms with van der Waals surface area (Å²) in [6.07, 6.45) is 0.674. The van der Waals surface area contributed by atoms with Crippen LogP contribution >= 0.6 is 15.9 Å². The van der Waals surface area contributed by atoms with Gasteiger partial charge in [-0.25, -0.2) is 5.01 Å². The highest BCUT2D eigenvalue weighted by atomic mass is 79.9. The summed E-state index contributed by atoms with van der Waals surface area (Å²) in [5.41, 5.74) is 1.23. The molecule has 6 nitrogen and oxygen atoms in total. The lowest BCUT2D eigenvalue weighted by Crippen LogP contribution is -2.37. The number of rotatable bonds is 4. The fourth-order valence-electron chi connectivity index (χ4n) is 2.00. The van der Waals surface area contributed by atoms with Crippen molar-refractivity contribution >= 4 is 33.5 Å². The minimum absolute atomic E-state index is 0.0831. The Balaban J connectivity index is 2.03. The van der Waals surface area contributed by atoms with Gasteiger partial charge in [0.1, 0.15) is 11.5 Å². The Morgan fingerprint density at radius 1 is 1.48 bits per heavy atom. The molecule has 2 amide bonds. The van der Waals surface area contributed by atoms with Gasteiger partial charge >= 0.3 is 0 Å². The number of ether oxygens (including phenoxy) is 1. The number of halogens is 1. The van der Waals surface area contributed by atoms with Gasteiger partial charge in [0, 0.05) is 36.5 Å². The Bertz CT molecular complexity index is 601. The Morgan fingerprint density at radius 3 is 2.90 bits per heavy atom. The standard InChI is InChI=1S/C14H16BrN3O3/c1-18-13(19)6-4-11(17-18)14(20)16-8-9-7-10(15)3-5-12(9)21-2/h3,5,7H,4,6,8H2,1-2H3,(H,16,20). The Kier molecular flexibility index (Phi) is 4.95. The van der Waals surface area contributed by atoms with Gasteiger partial charge in [0.05, 0.1) is 7.11 Å². The van der Waals surface area contributed by atoms with E-state index in [4.69, 9.17) is 4.74 Å². The first-order valence-corrected chi connectivity index (χ1v) is 7.25. The quantitative estimate of drug-likeness (QED) is 0.895. The normalized spacial score (nSPS) is 14.7. The van der Waals surface area contributed by atoms with Crippen LogP contribution in [0.2, 0.25) is 0 Å². The second-order valence-corrected chi connectivity index (χ2v) is 5.52. The van der Waals surface area contributed by atoms with Crippen LogP contribution in [-0.4, -0.2) is 36.7 Å². The average molecular weight is 354 g/mol. The predicted octanol–water partition coefficient (Wildman–Crippen LogP) is 1.68. The number of hydrogen-bond acceptors (Lipinski definition) is 4. The van der Waals surface area contributed by atoms with Gasteiger partial charge < -0.3 is 10.1 Å². The van der Waals surface area contributed by atoms with Crippen molar-refractivity contribution in [3.8, 4) is 5.75 Å². The molecular formula is C14H16BrN3O3. The molecule has 0 fully saturated rings. The number of hydrazone groups is 1. The van der Waals surface area contributed by atoms with Gasteiger partial charge in [-0.15, -0.1) is 0 Å². The van der Waals surface area contributed by atoms with Crippen LogP contribution in [0.5, 0.6) is 5.75 Å². The lowest BCUT2D eigenvalue weighted by Gasteiger charge is -2.19. The molecule has 1 aliphatic heterocycles. The number of benzene rings is 1. The molecule has 21 heavy (non-hydrogen) atoms. The van der Waals surface area contributed by atoms with Crippen LogP contribution in [0.25, 0.3) is 0 Å². The van der Waals surface area contributed by atoms with Crippen LogP contribution in [0.15, 0.2) is 27.8 Å². The van der Waals surface area contributed by atoms with E-state index in [0.29, 0.717) is 30.8 Å². The summed E-state index contributed by atoms with van der Waals surface area (Å²) in [7, 11) is 3.13. The Labute approximate surface area is 131 Å². The number of carbonyl (C=O) groups excluding carboxylic acids is 2. The molecule has 0 unspecified atom stereocenters. The van der Waals surface area contributed by atoms with Crippen LogP contribution in [0.4, 0.5) is 0 Å². The smallest absolute Gasteiger partial charge is 0.267 e. The van der Waals surface area contributed by atoms with E-state index in [-0.39, 0.29) is 11.8 Å². The summed E-state index contributed by atoms with van der Waals surface area (Å²) < 4.78 is 6.16. The summed E-state index contributed by atoms with van der Waals surface area (Å²) >= 11 is 3.39. The van der Waals surface area contributed by atoms with Gasteiger partial charge in [-0.3, -0.25) is 9.59 Å². The lowest BCUT2D eigenvalue weighted by molar-refractivity contribution is -0.130. The van der Waals surface area contributed by atoms with Gasteiger partial charge in [-0.2, -0.15) is 5.10 Å². The molecule has 0 aromatic heterocycles. The van der Waals surface area contributed by atoms with Crippen molar-refractivity contribution < 1.29 is 14.3 Å². The van der Waals surface area contributed by atoms with E-state index in [0.717, 1.165) is 10.0 Å². The van der Waals surface area contributed by atoms with Crippen LogP contribution in [0.1, 0.15) is 18.4 Å². The van der Waals surface area contributed by atoms with E-state index in [2.05, 4.69) is 26.3 Å². The number of nitrogens with zero attached hydrogens (tertiary/aromatic N) is 2. The summed E-state index contributed by atoms with van der Waals surface area (Å²) in [5.74, 6) is 0.355. The first-order chi connectivity index (χ1) is 10.0. The molecule has 1 heterocycles. The van der Waals surface area contributed by atoms with Crippen molar-refractivity contribution in [2.24, 2.45) is 5.10 Å². The largest absolute Gasteiger partial charge is 0.496 e. The van der Waals surface area contributed by atoms with E-state index in [1.54, 1.807) is 14.2 Å². The second kappa shape index (κ2) is 6.71. The maximum absolute atomic E-state index is 12.1. The fraction of sp³-hybridized carbons (Fsp3) is 0.357. The third kappa shape index (κ3) is 3.81. The molecule has 0 spiro atoms. The topological polar surface area (TPSA) is 71.0 Å². The zero-order chi connectivity index (χ0) is 15.4. The van der Waals surface area contributed by atoms with Gasteiger partial charge in [0.25, 0.3) is 5.91 Å². The molecule has 0 atom stereocenters. The number of methoxy groups -OCH3 is 1. The SMILES string of the molecule is COc1ccc(Br)cc1CNC(=O)C1=NN(C)C(=O)CC1. The van der Waals surface area contributed by atoms with Crippen LogP contribution in [-0.2, 0) is 16.1 Å². The highest BCUT2D eigenvalue weighted by molar-refractivity contribution is 9.10. The van der Waals surface area contributed by atoms with Crippen molar-refractivity contribution in [2.45, 2.75) is 19.4 Å². The molecule has 1 aliphatic rings. The number of hydrogen-bond donors (Lipinski definition) is 1. The number of nitrogens with one attached hydrogen (secondary N) is 1. The van der Waals surface area contributed by atoms with E-state index in [1.807, 2.05) is 18.2 Å². The molecule has 1 aromatic rings. The van der Waals surface area contributed by atoms with Gasteiger partial charge in [0.15, 0.2) is 0 Å². The third-order valence-corrected chi connectivity index (χ3v) is 3.64. The van der Waals surface area contributed by atoms with E-state index >= 15 is 0 Å². The highest BCUT2D eigenvalue weighted by Crippen LogP contribution is 2.22. The van der Waals surface area contributed by atoms with E-state index in [1.165, 1.54) is 5.01 Å². The van der Waals surface area contributed by atoms with Crippen LogP contribution < -0.4 is 10.1 Å². The van der Waals surface area contributed by atoms with Crippen molar-refractivity contribution in [2.75, 3.05) is 14.2 Å². The van der Waals surface area contributed by atoms with Crippen molar-refractivity contribution in [3.05, 3.63) is 28.2 Å². The molecule has 1 N–H and O–H groups in total. The summed E-state index contributed by atoms with van der Waals surface area (Å²) in [6, 6.07) is 5.59. The fourth-order valence-corrected chi connectivity index (χ4v) is 2.40. The molecule has 0 saturated heterocycles. The first-order valence-electron chi connectivity index (χ1n) is 6.46. The van der Waals surface area contributed by atoms with Crippen LogP contribution in [0, 0.1) is 0 Å². The monoisotopic (exact) mass is 353 g/mol. The number of carbonyl (C=O) groups is 2. The first kappa shape index (κ1) is 15.5. The molecule has 7 heteroatoms. The predicted molar refractivity (Wildman–Crippen MR) is 82.0 cm³/mol. The number of amides is 2. The summed E-state index contributed by atoms with van der Waals surface area (Å²) in [5, 5.41) is 7.99. The lowest BCUT2D eigenvalue weighted by atomic mass is 10.1. The maximum Gasteiger partial charge on any atom is 0.267 e. The van der Waals surface area contributed by atoms with Gasteiger partial charge in [0.2, 0.25) is 5.91 Å². The van der Waals surface area contributed by atoms with E-state index in [9.17, 15) is 9.59 Å². The van der Waals surface area contributed by atoms with Crippen molar-refractivity contribution in [1.82, 2.24) is 10.3 Å². The molecule has 0 bridgehead atoms. The zero-order valence-electron chi connectivity index (χ0n) is 11.9. The highest BCUT2D eigenvalue weighted by Gasteiger charge is 2.21. The molecular weight excluding hydrogens is 338 g/mol. The maximum atomic E-state index is 12.1. The summed E-state index contributed by atoms with van der Waals surface area (Å²) in [4.78, 5) is 23.4. The van der Waals surface area contributed by atoms with Crippen molar-refractivity contribution in [3.63, 3.8) is 0 Å². The molecule has 1 aromatic carbocycles. The molecule has 112 valence electrons. The summed E-state index contributed by atoms with van der Waals surface area (Å²) in [6.45, 7) is 0.331. The molecule has 0 aliphatic carbocycles.